The summed E-state index contributed by atoms with van der Waals surface area (Å²) in [6.45, 7) is 4.08. The zero-order valence-corrected chi connectivity index (χ0v) is 15.3. The van der Waals surface area contributed by atoms with Gasteiger partial charge in [0.1, 0.15) is 23.9 Å². The number of aromatic hydroxyl groups is 1. The highest BCUT2D eigenvalue weighted by Crippen LogP contribution is 2.28. The van der Waals surface area contributed by atoms with Crippen molar-refractivity contribution >= 4 is 17.3 Å². The van der Waals surface area contributed by atoms with Crippen molar-refractivity contribution in [2.75, 3.05) is 5.32 Å². The molecular weight excluding hydrogens is 364 g/mol. The summed E-state index contributed by atoms with van der Waals surface area (Å²) in [5.41, 5.74) is 1.82. The second-order valence-electron chi connectivity index (χ2n) is 6.29. The summed E-state index contributed by atoms with van der Waals surface area (Å²) in [6, 6.07) is 12.2. The number of ether oxygens (including phenoxy) is 1. The average molecular weight is 382 g/mol. The van der Waals surface area contributed by atoms with Gasteiger partial charge < -0.3 is 19.6 Å². The predicted molar refractivity (Wildman–Crippen MR) is 102 cm³/mol. The quantitative estimate of drug-likeness (QED) is 0.372. The van der Waals surface area contributed by atoms with Crippen LogP contribution in [0.5, 0.6) is 11.5 Å². The number of amides is 1. The normalized spacial score (nSPS) is 10.5. The van der Waals surface area contributed by atoms with E-state index in [2.05, 4.69) is 5.32 Å². The smallest absolute Gasteiger partial charge is 0.291 e. The molecule has 0 saturated heterocycles. The number of non-ortho nitro benzene ring substituents is 1. The SMILES string of the molecule is Cc1cc(C)cc(OCc2ccc(C(=O)Nc3cc([N+](=O)[O-])ccc3O)o2)c1. The van der Waals surface area contributed by atoms with Crippen LogP contribution in [0.2, 0.25) is 0 Å². The Morgan fingerprint density at radius 2 is 1.86 bits per heavy atom. The number of aryl methyl sites for hydroxylation is 2. The lowest BCUT2D eigenvalue weighted by molar-refractivity contribution is -0.384. The van der Waals surface area contributed by atoms with Crippen molar-refractivity contribution in [1.82, 2.24) is 0 Å². The second-order valence-corrected chi connectivity index (χ2v) is 6.29. The molecule has 1 aromatic heterocycles. The van der Waals surface area contributed by atoms with Gasteiger partial charge in [-0.25, -0.2) is 0 Å². The Morgan fingerprint density at radius 1 is 1.14 bits per heavy atom. The Bertz CT molecular complexity index is 1020. The molecule has 2 aromatic carbocycles. The number of furan rings is 1. The molecule has 0 bridgehead atoms. The van der Waals surface area contributed by atoms with Crippen LogP contribution in [0.25, 0.3) is 0 Å². The summed E-state index contributed by atoms with van der Waals surface area (Å²) < 4.78 is 11.2. The van der Waals surface area contributed by atoms with Crippen LogP contribution in [0.1, 0.15) is 27.4 Å². The van der Waals surface area contributed by atoms with Crippen LogP contribution in [0.3, 0.4) is 0 Å². The number of hydrogen-bond acceptors (Lipinski definition) is 6. The highest BCUT2D eigenvalue weighted by Gasteiger charge is 2.16. The summed E-state index contributed by atoms with van der Waals surface area (Å²) in [6.07, 6.45) is 0. The minimum atomic E-state index is -0.645. The van der Waals surface area contributed by atoms with Gasteiger partial charge in [0.2, 0.25) is 0 Å². The third-order valence-electron chi connectivity index (χ3n) is 3.90. The van der Waals surface area contributed by atoms with E-state index >= 15 is 0 Å². The molecule has 8 heteroatoms. The number of anilines is 1. The number of nitro benzene ring substituents is 1. The molecule has 0 radical (unpaired) electrons. The van der Waals surface area contributed by atoms with Crippen molar-refractivity contribution in [3.63, 3.8) is 0 Å². The first kappa shape index (κ1) is 19.0. The molecule has 0 unspecified atom stereocenters. The van der Waals surface area contributed by atoms with Crippen molar-refractivity contribution in [3.8, 4) is 11.5 Å². The maximum absolute atomic E-state index is 12.3. The Hall–Kier alpha value is -3.81. The van der Waals surface area contributed by atoms with Crippen LogP contribution >= 0.6 is 0 Å². The fourth-order valence-electron chi connectivity index (χ4n) is 2.67. The standard InChI is InChI=1S/C20H18N2O6/c1-12-7-13(2)9-16(8-12)27-11-15-4-6-19(28-15)20(24)21-17-10-14(22(25)26)3-5-18(17)23/h3-10,23H,11H2,1-2H3,(H,21,24). The molecule has 0 saturated carbocycles. The summed E-state index contributed by atoms with van der Waals surface area (Å²) >= 11 is 0. The molecule has 144 valence electrons. The zero-order valence-electron chi connectivity index (χ0n) is 15.3. The van der Waals surface area contributed by atoms with E-state index in [9.17, 15) is 20.0 Å². The summed E-state index contributed by atoms with van der Waals surface area (Å²) in [5.74, 6) is 0.191. The number of hydrogen-bond donors (Lipinski definition) is 2. The third-order valence-corrected chi connectivity index (χ3v) is 3.90. The molecule has 3 aromatic rings. The average Bonchev–Trinajstić information content (AvgIpc) is 3.10. The molecule has 0 spiro atoms. The first-order valence-corrected chi connectivity index (χ1v) is 8.40. The molecule has 0 aliphatic carbocycles. The molecule has 2 N–H and O–H groups in total. The van der Waals surface area contributed by atoms with Crippen molar-refractivity contribution < 1.29 is 24.0 Å². The third kappa shape index (κ3) is 4.47. The number of phenols is 1. The van der Waals surface area contributed by atoms with E-state index in [-0.39, 0.29) is 29.5 Å². The molecule has 1 amide bonds. The Labute approximate surface area is 160 Å². The van der Waals surface area contributed by atoms with Gasteiger partial charge in [0.25, 0.3) is 11.6 Å². The van der Waals surface area contributed by atoms with Gasteiger partial charge >= 0.3 is 0 Å². The van der Waals surface area contributed by atoms with Crippen LogP contribution < -0.4 is 10.1 Å². The van der Waals surface area contributed by atoms with E-state index in [1.807, 2.05) is 32.0 Å². The molecule has 0 atom stereocenters. The number of phenolic OH excluding ortho intramolecular Hbond substituents is 1. The maximum Gasteiger partial charge on any atom is 0.291 e. The van der Waals surface area contributed by atoms with E-state index in [0.29, 0.717) is 11.5 Å². The fraction of sp³-hybridized carbons (Fsp3) is 0.150. The van der Waals surface area contributed by atoms with Gasteiger partial charge in [-0.3, -0.25) is 14.9 Å². The van der Waals surface area contributed by atoms with Gasteiger partial charge in [-0.15, -0.1) is 0 Å². The van der Waals surface area contributed by atoms with Gasteiger partial charge in [0, 0.05) is 12.1 Å². The Balaban J connectivity index is 1.67. The number of carbonyl (C=O) groups is 1. The van der Waals surface area contributed by atoms with Crippen molar-refractivity contribution in [3.05, 3.63) is 81.3 Å². The van der Waals surface area contributed by atoms with E-state index in [0.717, 1.165) is 29.3 Å². The van der Waals surface area contributed by atoms with Gasteiger partial charge in [-0.1, -0.05) is 6.07 Å². The van der Waals surface area contributed by atoms with Gasteiger partial charge in [-0.05, 0) is 55.3 Å². The second kappa shape index (κ2) is 7.83. The molecule has 3 rings (SSSR count). The number of nitrogens with one attached hydrogen (secondary N) is 1. The number of nitrogens with zero attached hydrogens (tertiary/aromatic N) is 1. The van der Waals surface area contributed by atoms with Crippen molar-refractivity contribution in [2.45, 2.75) is 20.5 Å². The first-order valence-electron chi connectivity index (χ1n) is 8.40. The summed E-state index contributed by atoms with van der Waals surface area (Å²) in [5, 5.41) is 23.0. The van der Waals surface area contributed by atoms with Crippen LogP contribution in [0, 0.1) is 24.0 Å². The Kier molecular flexibility index (Phi) is 5.30. The first-order chi connectivity index (χ1) is 13.3. The lowest BCUT2D eigenvalue weighted by Crippen LogP contribution is -2.11. The van der Waals surface area contributed by atoms with Gasteiger partial charge in [0.05, 0.1) is 10.6 Å². The topological polar surface area (TPSA) is 115 Å². The molecular formula is C20H18N2O6. The largest absolute Gasteiger partial charge is 0.506 e. The Morgan fingerprint density at radius 3 is 2.54 bits per heavy atom. The number of rotatable bonds is 6. The lowest BCUT2D eigenvalue weighted by Gasteiger charge is -2.07. The molecule has 0 fully saturated rings. The fourth-order valence-corrected chi connectivity index (χ4v) is 2.67. The highest BCUT2D eigenvalue weighted by atomic mass is 16.6. The van der Waals surface area contributed by atoms with E-state index in [1.54, 1.807) is 6.07 Å². The molecule has 0 aliphatic rings. The van der Waals surface area contributed by atoms with Crippen molar-refractivity contribution in [2.24, 2.45) is 0 Å². The minimum Gasteiger partial charge on any atom is -0.506 e. The van der Waals surface area contributed by atoms with Crippen LogP contribution in [-0.4, -0.2) is 15.9 Å². The number of nitro groups is 1. The predicted octanol–water partition coefficient (Wildman–Crippen LogP) is 4.34. The van der Waals surface area contributed by atoms with Crippen LogP contribution in [0.4, 0.5) is 11.4 Å². The number of benzene rings is 2. The van der Waals surface area contributed by atoms with Gasteiger partial charge in [0.15, 0.2) is 5.76 Å². The summed E-state index contributed by atoms with van der Waals surface area (Å²) in [7, 11) is 0. The highest BCUT2D eigenvalue weighted by molar-refractivity contribution is 6.03. The molecule has 8 nitrogen and oxygen atoms in total. The minimum absolute atomic E-state index is 0.00933. The van der Waals surface area contributed by atoms with E-state index in [1.165, 1.54) is 6.07 Å². The van der Waals surface area contributed by atoms with Crippen LogP contribution in [0.15, 0.2) is 52.9 Å². The number of carbonyl (C=O) groups excluding carboxylic acids is 1. The molecule has 1 heterocycles. The van der Waals surface area contributed by atoms with E-state index < -0.39 is 10.8 Å². The monoisotopic (exact) mass is 382 g/mol. The van der Waals surface area contributed by atoms with Crippen LogP contribution in [-0.2, 0) is 6.61 Å². The van der Waals surface area contributed by atoms with Crippen molar-refractivity contribution in [1.29, 1.82) is 0 Å². The lowest BCUT2D eigenvalue weighted by atomic mass is 10.1. The van der Waals surface area contributed by atoms with E-state index in [4.69, 9.17) is 9.15 Å². The zero-order chi connectivity index (χ0) is 20.3. The molecule has 0 aliphatic heterocycles. The van der Waals surface area contributed by atoms with Gasteiger partial charge in [-0.2, -0.15) is 0 Å². The molecule has 28 heavy (non-hydrogen) atoms. The maximum atomic E-state index is 12.3. The summed E-state index contributed by atoms with van der Waals surface area (Å²) in [4.78, 5) is 22.5.